The molecule has 1 aliphatic carbocycles. The average Bonchev–Trinajstić information content (AvgIpc) is 3.75. The van der Waals surface area contributed by atoms with Crippen LogP contribution < -0.4 is 30.9 Å². The van der Waals surface area contributed by atoms with Crippen molar-refractivity contribution >= 4 is 45.9 Å². The Morgan fingerprint density at radius 1 is 1.07 bits per heavy atom. The molecule has 3 aliphatic rings. The monoisotopic (exact) mass is 783 g/mol. The second-order valence-electron chi connectivity index (χ2n) is 15.6. The number of aryl methyl sites for hydroxylation is 1. The maximum atomic E-state index is 13.4. The van der Waals surface area contributed by atoms with E-state index in [2.05, 4.69) is 31.7 Å². The molecular weight excluding hydrogens is 737 g/mol. The summed E-state index contributed by atoms with van der Waals surface area (Å²) in [5.41, 5.74) is 2.67. The number of carbonyl (C=O) groups is 3. The third-order valence-corrected chi connectivity index (χ3v) is 11.5. The van der Waals surface area contributed by atoms with E-state index in [1.165, 1.54) is 17.0 Å². The number of imidazole rings is 1. The number of urea groups is 1. The summed E-state index contributed by atoms with van der Waals surface area (Å²) in [6.45, 7) is 6.37. The van der Waals surface area contributed by atoms with E-state index in [0.29, 0.717) is 34.4 Å². The highest BCUT2D eigenvalue weighted by Crippen LogP contribution is 2.38. The first-order valence-corrected chi connectivity index (χ1v) is 19.5. The van der Waals surface area contributed by atoms with Crippen molar-refractivity contribution < 1.29 is 33.8 Å². The van der Waals surface area contributed by atoms with Crippen LogP contribution >= 0.6 is 0 Å². The van der Waals surface area contributed by atoms with Gasteiger partial charge in [0.15, 0.2) is 5.82 Å². The number of fused-ring (bicyclic) bond motifs is 2. The number of ether oxygens (including phenoxy) is 1. The molecule has 17 heteroatoms. The Balaban J connectivity index is 0.885. The molecule has 6 heterocycles. The molecule has 57 heavy (non-hydrogen) atoms. The van der Waals surface area contributed by atoms with Gasteiger partial charge in [-0.25, -0.2) is 9.78 Å². The van der Waals surface area contributed by atoms with Crippen molar-refractivity contribution in [2.45, 2.75) is 76.4 Å². The van der Waals surface area contributed by atoms with Crippen molar-refractivity contribution in [2.75, 3.05) is 36.4 Å². The van der Waals surface area contributed by atoms with Crippen LogP contribution in [0.3, 0.4) is 0 Å². The van der Waals surface area contributed by atoms with Gasteiger partial charge in [-0.2, -0.15) is 10.1 Å². The Morgan fingerprint density at radius 3 is 2.61 bits per heavy atom. The number of benzene rings is 1. The normalized spacial score (nSPS) is 22.0. The lowest BCUT2D eigenvalue weighted by atomic mass is 9.80. The maximum absolute atomic E-state index is 13.4. The summed E-state index contributed by atoms with van der Waals surface area (Å²) >= 11 is 0. The van der Waals surface area contributed by atoms with Crippen molar-refractivity contribution in [1.29, 1.82) is 0 Å². The van der Waals surface area contributed by atoms with E-state index in [-0.39, 0.29) is 48.1 Å². The number of likely N-dealkylation sites (tertiary alicyclic amines) is 1. The summed E-state index contributed by atoms with van der Waals surface area (Å²) in [6.07, 6.45) is 8.96. The molecule has 0 unspecified atom stereocenters. The van der Waals surface area contributed by atoms with Gasteiger partial charge in [0.05, 0.1) is 35.2 Å². The number of pyridine rings is 2. The molecule has 3 fully saturated rings. The summed E-state index contributed by atoms with van der Waals surface area (Å²) in [5.74, 6) is 0.679. The predicted octanol–water partition coefficient (Wildman–Crippen LogP) is 4.31. The lowest BCUT2D eigenvalue weighted by Crippen LogP contribution is -2.49. The van der Waals surface area contributed by atoms with Crippen molar-refractivity contribution in [3.8, 4) is 5.75 Å². The number of β-amino-alcohol motifs (C(OH)–C–C–N with tert-alkyl or cyclic N) is 1. The van der Waals surface area contributed by atoms with Gasteiger partial charge in [0, 0.05) is 73.3 Å². The fraction of sp³-hybridized carbons (Fsp3) is 0.450. The SMILES string of the molecule is CC(C)Oc1cc2nc(C3CCC(CN4CC[C@H](c5ccc6c(N7CCC(=O)NC7=O)nn(C)c6c5)[C@H](O)C4)CC3)cn2cc1C(=O)Nc1cccn(OF)c1=O. The highest BCUT2D eigenvalue weighted by molar-refractivity contribution is 6.09. The Labute approximate surface area is 327 Å². The standard InChI is InChI=1S/C40H46FN9O7/c1-23(2)56-34-18-35-42-31(21-48(35)20-29(34)38(53)43-30-5-4-14-50(57-41)39(30)54)25-8-6-24(7-9-25)19-47-15-12-27(33(51)22-47)26-10-11-28-32(17-26)46(3)45-37(28)49-16-13-36(52)44-40(49)55/h4-5,10-11,14,17-18,20-21,23-25,27,33,51H,6-9,12-13,15-16,19,22H2,1-3H3,(H,43,53)(H,44,52,55)/t24?,25?,27-,33-/m1/s1. The van der Waals surface area contributed by atoms with Gasteiger partial charge in [0.1, 0.15) is 17.1 Å². The van der Waals surface area contributed by atoms with Crippen LogP contribution in [-0.2, 0) is 11.8 Å². The van der Waals surface area contributed by atoms with Gasteiger partial charge in [-0.1, -0.05) is 6.07 Å². The van der Waals surface area contributed by atoms with Crippen molar-refractivity contribution in [1.82, 2.24) is 34.1 Å². The van der Waals surface area contributed by atoms with Crippen LogP contribution in [-0.4, -0.2) is 90.1 Å². The van der Waals surface area contributed by atoms with Crippen molar-refractivity contribution in [2.24, 2.45) is 13.0 Å². The molecule has 8 rings (SSSR count). The molecule has 2 atom stereocenters. The minimum absolute atomic E-state index is 0.0194. The number of nitrogens with one attached hydrogen (secondary N) is 2. The fourth-order valence-electron chi connectivity index (χ4n) is 8.58. The summed E-state index contributed by atoms with van der Waals surface area (Å²) in [4.78, 5) is 58.8. The van der Waals surface area contributed by atoms with Crippen LogP contribution in [0.2, 0.25) is 0 Å². The molecule has 0 bridgehead atoms. The van der Waals surface area contributed by atoms with Crippen LogP contribution in [0.25, 0.3) is 16.6 Å². The lowest BCUT2D eigenvalue weighted by Gasteiger charge is -2.39. The topological polar surface area (TPSA) is 178 Å². The zero-order chi connectivity index (χ0) is 40.0. The Hall–Kier alpha value is -5.81. The number of hydrogen-bond acceptors (Lipinski definition) is 10. The van der Waals surface area contributed by atoms with Gasteiger partial charge in [-0.05, 0) is 88.2 Å². The summed E-state index contributed by atoms with van der Waals surface area (Å²) < 4.78 is 22.7. The first-order valence-electron chi connectivity index (χ1n) is 19.5. The number of hydrogen-bond donors (Lipinski definition) is 3. The number of anilines is 2. The summed E-state index contributed by atoms with van der Waals surface area (Å²) in [6, 6.07) is 10.0. The number of aliphatic hydroxyl groups excluding tert-OH is 1. The second kappa shape index (κ2) is 15.6. The van der Waals surface area contributed by atoms with Crippen LogP contribution in [0, 0.1) is 5.92 Å². The molecule has 300 valence electrons. The number of amides is 4. The van der Waals surface area contributed by atoms with Gasteiger partial charge in [-0.15, -0.1) is 4.73 Å². The minimum Gasteiger partial charge on any atom is -0.490 e. The quantitative estimate of drug-likeness (QED) is 0.185. The molecule has 4 aromatic heterocycles. The van der Waals surface area contributed by atoms with Crippen molar-refractivity contribution in [3.05, 3.63) is 82.2 Å². The van der Waals surface area contributed by atoms with E-state index in [9.17, 15) is 28.8 Å². The Bertz CT molecular complexity index is 2400. The number of imide groups is 1. The number of piperidine rings is 1. The number of carbonyl (C=O) groups excluding carboxylic acids is 3. The molecule has 16 nitrogen and oxygen atoms in total. The van der Waals surface area contributed by atoms with Crippen LogP contribution in [0.1, 0.15) is 85.8 Å². The molecule has 0 radical (unpaired) electrons. The van der Waals surface area contributed by atoms with Crippen LogP contribution in [0.4, 0.5) is 20.8 Å². The zero-order valence-corrected chi connectivity index (χ0v) is 32.1. The third kappa shape index (κ3) is 7.68. The highest BCUT2D eigenvalue weighted by Gasteiger charge is 2.33. The zero-order valence-electron chi connectivity index (χ0n) is 32.1. The first-order chi connectivity index (χ1) is 27.4. The van der Waals surface area contributed by atoms with E-state index >= 15 is 0 Å². The largest absolute Gasteiger partial charge is 0.490 e. The van der Waals surface area contributed by atoms with Crippen molar-refractivity contribution in [3.63, 3.8) is 0 Å². The summed E-state index contributed by atoms with van der Waals surface area (Å²) in [7, 11) is 1.84. The Kier molecular flexibility index (Phi) is 10.4. The van der Waals surface area contributed by atoms with Gasteiger partial charge in [0.2, 0.25) is 5.91 Å². The third-order valence-electron chi connectivity index (χ3n) is 11.5. The molecule has 1 saturated carbocycles. The van der Waals surface area contributed by atoms with E-state index in [1.807, 2.05) is 39.2 Å². The molecule has 5 aromatic rings. The number of aliphatic hydroxyl groups is 1. The van der Waals surface area contributed by atoms with E-state index < -0.39 is 23.6 Å². The number of halogens is 1. The molecular formula is C40H46FN9O7. The molecule has 4 amide bonds. The Morgan fingerprint density at radius 2 is 1.88 bits per heavy atom. The van der Waals surface area contributed by atoms with Crippen LogP contribution in [0.5, 0.6) is 5.75 Å². The maximum Gasteiger partial charge on any atom is 0.329 e. The molecule has 2 saturated heterocycles. The smallest absolute Gasteiger partial charge is 0.329 e. The number of nitrogens with zero attached hydrogens (tertiary/aromatic N) is 7. The van der Waals surface area contributed by atoms with E-state index in [4.69, 9.17) is 9.72 Å². The van der Waals surface area contributed by atoms with Gasteiger partial charge < -0.3 is 24.5 Å². The summed E-state index contributed by atoms with van der Waals surface area (Å²) in [5, 5.41) is 25.3. The lowest BCUT2D eigenvalue weighted by molar-refractivity contribution is -0.141. The number of aromatic nitrogens is 5. The predicted molar refractivity (Wildman–Crippen MR) is 208 cm³/mol. The van der Waals surface area contributed by atoms with Gasteiger partial charge in [0.25, 0.3) is 5.91 Å². The molecule has 0 spiro atoms. The van der Waals surface area contributed by atoms with Crippen LogP contribution in [0.15, 0.2) is 59.8 Å². The number of rotatable bonds is 10. The average molecular weight is 784 g/mol. The van der Waals surface area contributed by atoms with E-state index in [1.54, 1.807) is 21.3 Å². The fourth-order valence-corrected chi connectivity index (χ4v) is 8.58. The van der Waals surface area contributed by atoms with Gasteiger partial charge in [-0.3, -0.25) is 29.3 Å². The molecule has 2 aliphatic heterocycles. The first kappa shape index (κ1) is 38.1. The highest BCUT2D eigenvalue weighted by atomic mass is 19.3. The molecule has 3 N–H and O–H groups in total. The van der Waals surface area contributed by atoms with Gasteiger partial charge >= 0.3 is 11.6 Å². The second-order valence-corrected chi connectivity index (χ2v) is 15.6. The minimum atomic E-state index is -0.857. The van der Waals surface area contributed by atoms with E-state index in [0.717, 1.165) is 73.6 Å². The molecule has 1 aromatic carbocycles.